The normalized spacial score (nSPS) is 12.9. The minimum atomic E-state index is -4.42. The number of pyridine rings is 1. The number of hydrogen-bond acceptors (Lipinski definition) is 3. The molecule has 2 N–H and O–H groups in total. The summed E-state index contributed by atoms with van der Waals surface area (Å²) < 4.78 is 37.5. The van der Waals surface area contributed by atoms with Crippen molar-refractivity contribution in [2.45, 2.75) is 32.5 Å². The van der Waals surface area contributed by atoms with E-state index in [4.69, 9.17) is 0 Å². The number of nitrogens with one attached hydrogen (secondary N) is 2. The molecule has 0 bridgehead atoms. The average Bonchev–Trinajstić information content (AvgIpc) is 2.35. The first kappa shape index (κ1) is 15.3. The second-order valence-electron chi connectivity index (χ2n) is 4.08. The number of amides is 1. The number of rotatable bonds is 5. The Kier molecular flexibility index (Phi) is 5.14. The number of alkyl halides is 3. The largest absolute Gasteiger partial charge is 0.416 e. The number of anilines is 1. The zero-order chi connectivity index (χ0) is 14.5. The van der Waals surface area contributed by atoms with Crippen LogP contribution >= 0.6 is 0 Å². The SMILES string of the molecule is CCCNC(=O)C(C)Nc1cc(C(F)(F)F)ccn1. The zero-order valence-electron chi connectivity index (χ0n) is 10.7. The van der Waals surface area contributed by atoms with Crippen molar-refractivity contribution in [3.63, 3.8) is 0 Å². The van der Waals surface area contributed by atoms with Gasteiger partial charge in [0.15, 0.2) is 0 Å². The molecule has 0 aliphatic carbocycles. The molecule has 106 valence electrons. The predicted octanol–water partition coefficient (Wildman–Crippen LogP) is 2.43. The Morgan fingerprint density at radius 2 is 2.16 bits per heavy atom. The van der Waals surface area contributed by atoms with Gasteiger partial charge in [-0.05, 0) is 25.5 Å². The molecular formula is C12H16F3N3O. The van der Waals surface area contributed by atoms with Crippen molar-refractivity contribution in [2.75, 3.05) is 11.9 Å². The summed E-state index contributed by atoms with van der Waals surface area (Å²) in [6.45, 7) is 4.00. The molecule has 1 aromatic rings. The monoisotopic (exact) mass is 275 g/mol. The van der Waals surface area contributed by atoms with E-state index >= 15 is 0 Å². The maximum Gasteiger partial charge on any atom is 0.416 e. The summed E-state index contributed by atoms with van der Waals surface area (Å²) >= 11 is 0. The summed E-state index contributed by atoms with van der Waals surface area (Å²) in [4.78, 5) is 15.3. The Morgan fingerprint density at radius 1 is 1.47 bits per heavy atom. The van der Waals surface area contributed by atoms with Crippen LogP contribution in [0.25, 0.3) is 0 Å². The Balaban J connectivity index is 2.69. The zero-order valence-corrected chi connectivity index (χ0v) is 10.7. The van der Waals surface area contributed by atoms with Crippen LogP contribution in [0, 0.1) is 0 Å². The van der Waals surface area contributed by atoms with Crippen molar-refractivity contribution < 1.29 is 18.0 Å². The van der Waals surface area contributed by atoms with Crippen LogP contribution in [-0.2, 0) is 11.0 Å². The molecule has 19 heavy (non-hydrogen) atoms. The third kappa shape index (κ3) is 4.76. The second-order valence-corrected chi connectivity index (χ2v) is 4.08. The minimum absolute atomic E-state index is 0.0222. The lowest BCUT2D eigenvalue weighted by Crippen LogP contribution is -2.38. The number of hydrogen-bond donors (Lipinski definition) is 2. The van der Waals surface area contributed by atoms with Gasteiger partial charge in [0.05, 0.1) is 5.56 Å². The first-order valence-corrected chi connectivity index (χ1v) is 5.92. The lowest BCUT2D eigenvalue weighted by Gasteiger charge is -2.15. The summed E-state index contributed by atoms with van der Waals surface area (Å²) in [5, 5.41) is 5.29. The highest BCUT2D eigenvalue weighted by atomic mass is 19.4. The van der Waals surface area contributed by atoms with Gasteiger partial charge < -0.3 is 10.6 Å². The molecule has 0 aliphatic rings. The van der Waals surface area contributed by atoms with Gasteiger partial charge in [0.2, 0.25) is 5.91 Å². The van der Waals surface area contributed by atoms with Gasteiger partial charge in [0.25, 0.3) is 0 Å². The van der Waals surface area contributed by atoms with Crippen LogP contribution < -0.4 is 10.6 Å². The van der Waals surface area contributed by atoms with Crippen molar-refractivity contribution in [3.8, 4) is 0 Å². The number of carbonyl (C=O) groups excluding carboxylic acids is 1. The fraction of sp³-hybridized carbons (Fsp3) is 0.500. The molecule has 1 rings (SSSR count). The van der Waals surface area contributed by atoms with Crippen LogP contribution in [0.3, 0.4) is 0 Å². The van der Waals surface area contributed by atoms with Crippen LogP contribution in [0.15, 0.2) is 18.3 Å². The summed E-state index contributed by atoms with van der Waals surface area (Å²) in [7, 11) is 0. The van der Waals surface area contributed by atoms with Gasteiger partial charge in [0, 0.05) is 12.7 Å². The van der Waals surface area contributed by atoms with Crippen LogP contribution in [0.1, 0.15) is 25.8 Å². The van der Waals surface area contributed by atoms with Gasteiger partial charge in [0.1, 0.15) is 11.9 Å². The second kappa shape index (κ2) is 6.40. The van der Waals surface area contributed by atoms with Crippen molar-refractivity contribution in [2.24, 2.45) is 0 Å². The summed E-state index contributed by atoms with van der Waals surface area (Å²) in [6.07, 6.45) is -2.57. The molecule has 0 radical (unpaired) electrons. The molecule has 0 saturated heterocycles. The van der Waals surface area contributed by atoms with E-state index in [1.807, 2.05) is 6.92 Å². The molecule has 0 fully saturated rings. The van der Waals surface area contributed by atoms with Gasteiger partial charge in [-0.15, -0.1) is 0 Å². The lowest BCUT2D eigenvalue weighted by molar-refractivity contribution is -0.137. The van der Waals surface area contributed by atoms with Crippen LogP contribution in [0.2, 0.25) is 0 Å². The molecular weight excluding hydrogens is 259 g/mol. The molecule has 1 atom stereocenters. The fourth-order valence-corrected chi connectivity index (χ4v) is 1.37. The number of halogens is 3. The molecule has 1 heterocycles. The maximum atomic E-state index is 12.5. The molecule has 1 unspecified atom stereocenters. The smallest absolute Gasteiger partial charge is 0.359 e. The molecule has 0 saturated carbocycles. The van der Waals surface area contributed by atoms with Crippen LogP contribution in [-0.4, -0.2) is 23.5 Å². The van der Waals surface area contributed by atoms with Crippen molar-refractivity contribution in [3.05, 3.63) is 23.9 Å². The number of nitrogens with zero attached hydrogens (tertiary/aromatic N) is 1. The Morgan fingerprint density at radius 3 is 2.74 bits per heavy atom. The highest BCUT2D eigenvalue weighted by molar-refractivity contribution is 5.83. The van der Waals surface area contributed by atoms with E-state index in [0.717, 1.165) is 24.8 Å². The molecule has 0 spiro atoms. The number of aromatic nitrogens is 1. The topological polar surface area (TPSA) is 54.0 Å². The Labute approximate surface area is 109 Å². The molecule has 1 amide bonds. The predicted molar refractivity (Wildman–Crippen MR) is 65.6 cm³/mol. The molecule has 0 aromatic carbocycles. The van der Waals surface area contributed by atoms with Crippen molar-refractivity contribution in [1.29, 1.82) is 0 Å². The van der Waals surface area contributed by atoms with E-state index in [9.17, 15) is 18.0 Å². The highest BCUT2D eigenvalue weighted by Crippen LogP contribution is 2.29. The Bertz CT molecular complexity index is 434. The fourth-order valence-electron chi connectivity index (χ4n) is 1.37. The maximum absolute atomic E-state index is 12.5. The van der Waals surface area contributed by atoms with Gasteiger partial charge in [-0.2, -0.15) is 13.2 Å². The molecule has 7 heteroatoms. The quantitative estimate of drug-likeness (QED) is 0.867. The minimum Gasteiger partial charge on any atom is -0.359 e. The van der Waals surface area contributed by atoms with Gasteiger partial charge in [-0.3, -0.25) is 4.79 Å². The van der Waals surface area contributed by atoms with Crippen molar-refractivity contribution >= 4 is 11.7 Å². The standard InChI is InChI=1S/C12H16F3N3O/c1-3-5-17-11(19)8(2)18-10-7-9(4-6-16-10)12(13,14)15/h4,6-8H,3,5H2,1-2H3,(H,16,18)(H,17,19). The van der Waals surface area contributed by atoms with E-state index in [2.05, 4.69) is 15.6 Å². The molecule has 1 aromatic heterocycles. The van der Waals surface area contributed by atoms with E-state index in [1.165, 1.54) is 0 Å². The summed E-state index contributed by atoms with van der Waals surface area (Å²) in [5.74, 6) is -0.255. The molecule has 4 nitrogen and oxygen atoms in total. The Hall–Kier alpha value is -1.79. The first-order valence-electron chi connectivity index (χ1n) is 5.92. The van der Waals surface area contributed by atoms with Gasteiger partial charge in [-0.25, -0.2) is 4.98 Å². The first-order chi connectivity index (χ1) is 8.84. The average molecular weight is 275 g/mol. The van der Waals surface area contributed by atoms with Gasteiger partial charge in [-0.1, -0.05) is 6.92 Å². The summed E-state index contributed by atoms with van der Waals surface area (Å²) in [5.41, 5.74) is -0.800. The highest BCUT2D eigenvalue weighted by Gasteiger charge is 2.30. The van der Waals surface area contributed by atoms with Gasteiger partial charge >= 0.3 is 6.18 Å². The van der Waals surface area contributed by atoms with Crippen molar-refractivity contribution in [1.82, 2.24) is 10.3 Å². The lowest BCUT2D eigenvalue weighted by atomic mass is 10.2. The third-order valence-corrected chi connectivity index (χ3v) is 2.39. The molecule has 0 aliphatic heterocycles. The van der Waals surface area contributed by atoms with Crippen LogP contribution in [0.4, 0.5) is 19.0 Å². The van der Waals surface area contributed by atoms with E-state index in [1.54, 1.807) is 6.92 Å². The third-order valence-electron chi connectivity index (χ3n) is 2.39. The van der Waals surface area contributed by atoms with E-state index in [-0.39, 0.29) is 11.7 Å². The van der Waals surface area contributed by atoms with E-state index in [0.29, 0.717) is 6.54 Å². The number of carbonyl (C=O) groups is 1. The van der Waals surface area contributed by atoms with E-state index < -0.39 is 17.8 Å². The van der Waals surface area contributed by atoms with Crippen LogP contribution in [0.5, 0.6) is 0 Å². The summed E-state index contributed by atoms with van der Waals surface area (Å²) in [6, 6.07) is 1.11.